The molecule has 1 aromatic carbocycles. The number of aliphatic hydroxyl groups is 1. The fourth-order valence-electron chi connectivity index (χ4n) is 2.75. The molecule has 1 unspecified atom stereocenters. The molecule has 1 aromatic rings. The van der Waals surface area contributed by atoms with Crippen molar-refractivity contribution in [2.24, 2.45) is 0 Å². The molecule has 5 nitrogen and oxygen atoms in total. The highest BCUT2D eigenvalue weighted by Crippen LogP contribution is 2.24. The number of likely N-dealkylation sites (tertiary alicyclic amines) is 1. The molecule has 0 radical (unpaired) electrons. The first-order valence-corrected chi connectivity index (χ1v) is 7.67. The summed E-state index contributed by atoms with van der Waals surface area (Å²) in [4.78, 5) is 14.3. The summed E-state index contributed by atoms with van der Waals surface area (Å²) in [5.41, 5.74) is 6.77. The third-order valence-electron chi connectivity index (χ3n) is 3.83. The van der Waals surface area contributed by atoms with Gasteiger partial charge in [0.2, 0.25) is 5.91 Å². The molecule has 21 heavy (non-hydrogen) atoms. The van der Waals surface area contributed by atoms with E-state index in [1.807, 2.05) is 0 Å². The van der Waals surface area contributed by atoms with Gasteiger partial charge in [0.15, 0.2) is 0 Å². The Kier molecular flexibility index (Phi) is 5.85. The molecule has 1 saturated heterocycles. The summed E-state index contributed by atoms with van der Waals surface area (Å²) in [6, 6.07) is 5.32. The molecule has 1 aliphatic heterocycles. The van der Waals surface area contributed by atoms with Crippen LogP contribution in [0.4, 0.5) is 11.4 Å². The SMILES string of the molecule is Nc1ccc(NC(=O)CN2CCCCC2CCO)c(Cl)c1. The lowest BCUT2D eigenvalue weighted by Gasteiger charge is -2.34. The number of carbonyl (C=O) groups is 1. The van der Waals surface area contributed by atoms with Crippen molar-refractivity contribution >= 4 is 28.9 Å². The number of halogens is 1. The first kappa shape index (κ1) is 16.1. The Morgan fingerprint density at radius 1 is 1.48 bits per heavy atom. The zero-order valence-electron chi connectivity index (χ0n) is 12.0. The van der Waals surface area contributed by atoms with Gasteiger partial charge < -0.3 is 16.2 Å². The lowest BCUT2D eigenvalue weighted by atomic mass is 10.00. The largest absolute Gasteiger partial charge is 0.399 e. The third-order valence-corrected chi connectivity index (χ3v) is 4.14. The van der Waals surface area contributed by atoms with Gasteiger partial charge in [-0.1, -0.05) is 18.0 Å². The third kappa shape index (κ3) is 4.59. The van der Waals surface area contributed by atoms with Crippen LogP contribution in [0.3, 0.4) is 0 Å². The number of nitrogens with two attached hydrogens (primary N) is 1. The van der Waals surface area contributed by atoms with E-state index in [1.54, 1.807) is 18.2 Å². The van der Waals surface area contributed by atoms with E-state index in [4.69, 9.17) is 22.4 Å². The molecular formula is C15H22ClN3O2. The van der Waals surface area contributed by atoms with Crippen LogP contribution in [0, 0.1) is 0 Å². The zero-order chi connectivity index (χ0) is 15.2. The highest BCUT2D eigenvalue weighted by atomic mass is 35.5. The minimum atomic E-state index is -0.0912. The summed E-state index contributed by atoms with van der Waals surface area (Å²) in [6.07, 6.45) is 4.01. The van der Waals surface area contributed by atoms with E-state index in [9.17, 15) is 4.79 Å². The van der Waals surface area contributed by atoms with Crippen molar-refractivity contribution in [1.82, 2.24) is 4.90 Å². The number of anilines is 2. The second-order valence-electron chi connectivity index (χ2n) is 5.42. The van der Waals surface area contributed by atoms with Crippen molar-refractivity contribution in [2.45, 2.75) is 31.7 Å². The number of piperidine rings is 1. The van der Waals surface area contributed by atoms with Crippen LogP contribution in [-0.4, -0.2) is 41.7 Å². The molecule has 0 spiro atoms. The van der Waals surface area contributed by atoms with Crippen molar-refractivity contribution in [1.29, 1.82) is 0 Å². The van der Waals surface area contributed by atoms with Gasteiger partial charge in [0.1, 0.15) is 0 Å². The predicted octanol–water partition coefficient (Wildman–Crippen LogP) is 2.10. The lowest BCUT2D eigenvalue weighted by Crippen LogP contribution is -2.44. The minimum absolute atomic E-state index is 0.0912. The molecule has 116 valence electrons. The van der Waals surface area contributed by atoms with Crippen LogP contribution in [0.25, 0.3) is 0 Å². The Hall–Kier alpha value is -1.30. The number of nitrogens with one attached hydrogen (secondary N) is 1. The Labute approximate surface area is 130 Å². The fraction of sp³-hybridized carbons (Fsp3) is 0.533. The van der Waals surface area contributed by atoms with Crippen LogP contribution < -0.4 is 11.1 Å². The molecule has 0 bridgehead atoms. The summed E-state index contributed by atoms with van der Waals surface area (Å²) in [5.74, 6) is -0.0912. The van der Waals surface area contributed by atoms with Gasteiger partial charge in [-0.25, -0.2) is 0 Å². The molecule has 0 saturated carbocycles. The molecule has 1 fully saturated rings. The highest BCUT2D eigenvalue weighted by molar-refractivity contribution is 6.34. The summed E-state index contributed by atoms with van der Waals surface area (Å²) in [7, 11) is 0. The van der Waals surface area contributed by atoms with Gasteiger partial charge >= 0.3 is 0 Å². The van der Waals surface area contributed by atoms with Crippen LogP contribution in [0.15, 0.2) is 18.2 Å². The maximum Gasteiger partial charge on any atom is 0.238 e. The maximum atomic E-state index is 12.2. The Morgan fingerprint density at radius 3 is 3.00 bits per heavy atom. The summed E-state index contributed by atoms with van der Waals surface area (Å²) < 4.78 is 0. The molecule has 2 rings (SSSR count). The fourth-order valence-corrected chi connectivity index (χ4v) is 2.99. The zero-order valence-corrected chi connectivity index (χ0v) is 12.8. The van der Waals surface area contributed by atoms with Crippen molar-refractivity contribution in [3.63, 3.8) is 0 Å². The van der Waals surface area contributed by atoms with Crippen molar-refractivity contribution in [2.75, 3.05) is 30.7 Å². The average Bonchev–Trinajstić information content (AvgIpc) is 2.44. The second kappa shape index (κ2) is 7.64. The van der Waals surface area contributed by atoms with Crippen molar-refractivity contribution in [3.05, 3.63) is 23.2 Å². The van der Waals surface area contributed by atoms with Gasteiger partial charge in [0.25, 0.3) is 0 Å². The standard InChI is InChI=1S/C15H22ClN3O2/c16-13-9-11(17)4-5-14(13)18-15(21)10-19-7-2-1-3-12(19)6-8-20/h4-5,9,12,20H,1-3,6-8,10,17H2,(H,18,21). The van der Waals surface area contributed by atoms with Crippen LogP contribution in [0.2, 0.25) is 5.02 Å². The summed E-state index contributed by atoms with van der Waals surface area (Å²) in [5, 5.41) is 12.4. The number of hydrogen-bond donors (Lipinski definition) is 3. The number of nitrogens with zero attached hydrogens (tertiary/aromatic N) is 1. The van der Waals surface area contributed by atoms with Gasteiger partial charge in [-0.2, -0.15) is 0 Å². The lowest BCUT2D eigenvalue weighted by molar-refractivity contribution is -0.118. The normalized spacial score (nSPS) is 19.4. The van der Waals surface area contributed by atoms with E-state index >= 15 is 0 Å². The highest BCUT2D eigenvalue weighted by Gasteiger charge is 2.23. The van der Waals surface area contributed by atoms with E-state index in [-0.39, 0.29) is 18.6 Å². The first-order chi connectivity index (χ1) is 10.1. The van der Waals surface area contributed by atoms with Gasteiger partial charge in [-0.15, -0.1) is 0 Å². The molecule has 4 N–H and O–H groups in total. The number of carbonyl (C=O) groups excluding carboxylic acids is 1. The molecule has 6 heteroatoms. The van der Waals surface area contributed by atoms with Gasteiger partial charge in [-0.05, 0) is 44.0 Å². The van der Waals surface area contributed by atoms with Gasteiger partial charge in [0.05, 0.1) is 17.3 Å². The molecular weight excluding hydrogens is 290 g/mol. The molecule has 1 heterocycles. The van der Waals surface area contributed by atoms with E-state index in [0.29, 0.717) is 22.9 Å². The number of nitrogen functional groups attached to an aromatic ring is 1. The predicted molar refractivity (Wildman–Crippen MR) is 85.4 cm³/mol. The Balaban J connectivity index is 1.93. The number of benzene rings is 1. The number of hydrogen-bond acceptors (Lipinski definition) is 4. The quantitative estimate of drug-likeness (QED) is 0.728. The van der Waals surface area contributed by atoms with Crippen LogP contribution in [0.1, 0.15) is 25.7 Å². The van der Waals surface area contributed by atoms with E-state index in [0.717, 1.165) is 32.2 Å². The monoisotopic (exact) mass is 311 g/mol. The van der Waals surface area contributed by atoms with Crippen molar-refractivity contribution < 1.29 is 9.90 Å². The molecule has 1 amide bonds. The van der Waals surface area contributed by atoms with Gasteiger partial charge in [0, 0.05) is 18.3 Å². The summed E-state index contributed by atoms with van der Waals surface area (Å²) >= 11 is 6.05. The number of rotatable bonds is 5. The first-order valence-electron chi connectivity index (χ1n) is 7.30. The van der Waals surface area contributed by atoms with E-state index in [1.165, 1.54) is 0 Å². The second-order valence-corrected chi connectivity index (χ2v) is 5.83. The Bertz CT molecular complexity index is 494. The minimum Gasteiger partial charge on any atom is -0.399 e. The average molecular weight is 312 g/mol. The maximum absolute atomic E-state index is 12.2. The smallest absolute Gasteiger partial charge is 0.238 e. The van der Waals surface area contributed by atoms with E-state index in [2.05, 4.69) is 10.2 Å². The van der Waals surface area contributed by atoms with Crippen LogP contribution in [0.5, 0.6) is 0 Å². The van der Waals surface area contributed by atoms with E-state index < -0.39 is 0 Å². The Morgan fingerprint density at radius 2 is 2.29 bits per heavy atom. The van der Waals surface area contributed by atoms with Gasteiger partial charge in [-0.3, -0.25) is 9.69 Å². The topological polar surface area (TPSA) is 78.6 Å². The van der Waals surface area contributed by atoms with Crippen molar-refractivity contribution in [3.8, 4) is 0 Å². The molecule has 0 aromatic heterocycles. The molecule has 1 atom stereocenters. The molecule has 0 aliphatic carbocycles. The molecule has 1 aliphatic rings. The van der Waals surface area contributed by atoms with Crippen LogP contribution >= 0.6 is 11.6 Å². The number of aliphatic hydroxyl groups excluding tert-OH is 1. The summed E-state index contributed by atoms with van der Waals surface area (Å²) in [6.45, 7) is 1.38. The number of amides is 1. The van der Waals surface area contributed by atoms with Crippen LogP contribution in [-0.2, 0) is 4.79 Å².